The summed E-state index contributed by atoms with van der Waals surface area (Å²) in [5.74, 6) is -1.14. The van der Waals surface area contributed by atoms with E-state index in [4.69, 9.17) is 14.6 Å². The maximum atomic E-state index is 10.9. The lowest BCUT2D eigenvalue weighted by Gasteiger charge is -2.15. The van der Waals surface area contributed by atoms with Gasteiger partial charge in [0, 0.05) is 13.2 Å². The topological polar surface area (TPSA) is 98.9 Å². The zero-order chi connectivity index (χ0) is 13.7. The molecular formula is C10H10BrNO6. The molecule has 1 atom stereocenters. The minimum absolute atomic E-state index is 0.0775. The van der Waals surface area contributed by atoms with Gasteiger partial charge in [0.2, 0.25) is 6.10 Å². The SMILES string of the molecule is COCC(Oc1cc([N+](=O)[O-])ccc1Br)C(=O)O. The van der Waals surface area contributed by atoms with Crippen LogP contribution in [0.15, 0.2) is 22.7 Å². The summed E-state index contributed by atoms with van der Waals surface area (Å²) in [6.07, 6.45) is -1.23. The standard InChI is InChI=1S/C10H10BrNO6/c1-17-5-9(10(13)14)18-8-4-6(12(15)16)2-3-7(8)11/h2-4,9H,5H2,1H3,(H,13,14). The number of rotatable bonds is 6. The molecule has 8 heteroatoms. The Hall–Kier alpha value is -1.67. The van der Waals surface area contributed by atoms with Gasteiger partial charge in [-0.25, -0.2) is 4.79 Å². The Balaban J connectivity index is 2.97. The van der Waals surface area contributed by atoms with Crippen LogP contribution in [0, 0.1) is 10.1 Å². The van der Waals surface area contributed by atoms with Gasteiger partial charge in [0.25, 0.3) is 5.69 Å². The van der Waals surface area contributed by atoms with E-state index in [1.807, 2.05) is 0 Å². The number of benzene rings is 1. The average Bonchev–Trinajstić information content (AvgIpc) is 2.30. The smallest absolute Gasteiger partial charge is 0.347 e. The van der Waals surface area contributed by atoms with Crippen molar-refractivity contribution in [3.63, 3.8) is 0 Å². The Kier molecular flexibility index (Phi) is 5.05. The zero-order valence-corrected chi connectivity index (χ0v) is 10.9. The summed E-state index contributed by atoms with van der Waals surface area (Å²) in [6, 6.07) is 3.85. The van der Waals surface area contributed by atoms with E-state index < -0.39 is 17.0 Å². The number of hydrogen-bond donors (Lipinski definition) is 1. The van der Waals surface area contributed by atoms with Crippen molar-refractivity contribution >= 4 is 27.6 Å². The molecule has 1 rings (SSSR count). The first-order chi connectivity index (χ1) is 8.45. The molecule has 0 bridgehead atoms. The van der Waals surface area contributed by atoms with Crippen LogP contribution >= 0.6 is 15.9 Å². The highest BCUT2D eigenvalue weighted by Gasteiger charge is 2.21. The van der Waals surface area contributed by atoms with Gasteiger partial charge in [0.05, 0.1) is 22.1 Å². The number of nitro groups is 1. The summed E-state index contributed by atoms with van der Waals surface area (Å²) in [6.45, 7) is -0.162. The van der Waals surface area contributed by atoms with Gasteiger partial charge in [-0.05, 0) is 22.0 Å². The minimum Gasteiger partial charge on any atom is -0.478 e. The molecule has 1 N–H and O–H groups in total. The first-order valence-electron chi connectivity index (χ1n) is 4.78. The summed E-state index contributed by atoms with van der Waals surface area (Å²) >= 11 is 3.13. The molecule has 7 nitrogen and oxygen atoms in total. The fourth-order valence-corrected chi connectivity index (χ4v) is 1.50. The van der Waals surface area contributed by atoms with E-state index in [1.165, 1.54) is 19.2 Å². The molecule has 0 saturated carbocycles. The molecule has 0 saturated heterocycles. The minimum atomic E-state index is -1.23. The zero-order valence-electron chi connectivity index (χ0n) is 9.33. The molecule has 0 radical (unpaired) electrons. The molecule has 1 unspecified atom stereocenters. The predicted octanol–water partition coefficient (Wildman–Crippen LogP) is 1.84. The Morgan fingerprint density at radius 2 is 2.28 bits per heavy atom. The van der Waals surface area contributed by atoms with Crippen LogP contribution in [-0.2, 0) is 9.53 Å². The van der Waals surface area contributed by atoms with Crippen molar-refractivity contribution in [2.24, 2.45) is 0 Å². The van der Waals surface area contributed by atoms with Gasteiger partial charge < -0.3 is 14.6 Å². The molecule has 0 aromatic heterocycles. The maximum absolute atomic E-state index is 10.9. The lowest BCUT2D eigenvalue weighted by atomic mass is 10.3. The average molecular weight is 320 g/mol. The van der Waals surface area contributed by atoms with Crippen molar-refractivity contribution in [1.82, 2.24) is 0 Å². The number of carbonyl (C=O) groups is 1. The molecular weight excluding hydrogens is 310 g/mol. The summed E-state index contributed by atoms with van der Waals surface area (Å²) in [5.41, 5.74) is -0.185. The molecule has 1 aromatic carbocycles. The lowest BCUT2D eigenvalue weighted by molar-refractivity contribution is -0.385. The molecule has 0 aliphatic heterocycles. The fraction of sp³-hybridized carbons (Fsp3) is 0.300. The van der Waals surface area contributed by atoms with Crippen molar-refractivity contribution in [2.75, 3.05) is 13.7 Å². The maximum Gasteiger partial charge on any atom is 0.347 e. The van der Waals surface area contributed by atoms with Crippen LogP contribution in [0.1, 0.15) is 0 Å². The number of ether oxygens (including phenoxy) is 2. The van der Waals surface area contributed by atoms with E-state index in [1.54, 1.807) is 0 Å². The van der Waals surface area contributed by atoms with E-state index in [2.05, 4.69) is 15.9 Å². The van der Waals surface area contributed by atoms with Crippen molar-refractivity contribution in [3.8, 4) is 5.75 Å². The van der Waals surface area contributed by atoms with Gasteiger partial charge in [-0.1, -0.05) is 0 Å². The molecule has 0 amide bonds. The number of non-ortho nitro benzene ring substituents is 1. The Labute approximate surface area is 111 Å². The van der Waals surface area contributed by atoms with Gasteiger partial charge >= 0.3 is 5.97 Å². The van der Waals surface area contributed by atoms with E-state index in [0.29, 0.717) is 4.47 Å². The molecule has 98 valence electrons. The summed E-state index contributed by atoms with van der Waals surface area (Å²) in [7, 11) is 1.34. The summed E-state index contributed by atoms with van der Waals surface area (Å²) < 4.78 is 10.3. The van der Waals surface area contributed by atoms with Gasteiger partial charge in [-0.2, -0.15) is 0 Å². The summed E-state index contributed by atoms with van der Waals surface area (Å²) in [4.78, 5) is 20.9. The highest BCUT2D eigenvalue weighted by atomic mass is 79.9. The third-order valence-corrected chi connectivity index (χ3v) is 2.64. The van der Waals surface area contributed by atoms with Gasteiger partial charge in [-0.3, -0.25) is 10.1 Å². The monoisotopic (exact) mass is 319 g/mol. The van der Waals surface area contributed by atoms with Crippen LogP contribution < -0.4 is 4.74 Å². The number of aliphatic carboxylic acids is 1. The number of carboxylic acids is 1. The normalized spacial score (nSPS) is 11.9. The molecule has 1 aromatic rings. The van der Waals surface area contributed by atoms with Gasteiger partial charge in [0.15, 0.2) is 0 Å². The molecule has 0 aliphatic rings. The van der Waals surface area contributed by atoms with E-state index in [9.17, 15) is 14.9 Å². The molecule has 18 heavy (non-hydrogen) atoms. The highest BCUT2D eigenvalue weighted by molar-refractivity contribution is 9.10. The van der Waals surface area contributed by atoms with E-state index in [-0.39, 0.29) is 18.0 Å². The van der Waals surface area contributed by atoms with Crippen LogP contribution in [0.25, 0.3) is 0 Å². The second-order valence-electron chi connectivity index (χ2n) is 3.27. The number of hydrogen-bond acceptors (Lipinski definition) is 5. The quantitative estimate of drug-likeness (QED) is 0.634. The van der Waals surface area contributed by atoms with Crippen molar-refractivity contribution in [2.45, 2.75) is 6.10 Å². The Bertz CT molecular complexity index is 464. The molecule has 0 aliphatic carbocycles. The molecule has 0 spiro atoms. The second kappa shape index (κ2) is 6.31. The molecule has 0 fully saturated rings. The number of carboxylic acid groups (broad SMARTS) is 1. The Morgan fingerprint density at radius 3 is 2.78 bits per heavy atom. The van der Waals surface area contributed by atoms with Gasteiger partial charge in [0.1, 0.15) is 5.75 Å². The van der Waals surface area contributed by atoms with Crippen LogP contribution in [0.4, 0.5) is 5.69 Å². The van der Waals surface area contributed by atoms with Crippen molar-refractivity contribution in [1.29, 1.82) is 0 Å². The number of methoxy groups -OCH3 is 1. The van der Waals surface area contributed by atoms with Gasteiger partial charge in [-0.15, -0.1) is 0 Å². The first kappa shape index (κ1) is 14.4. The van der Waals surface area contributed by atoms with Crippen molar-refractivity contribution < 1.29 is 24.3 Å². The summed E-state index contributed by atoms with van der Waals surface area (Å²) in [5, 5.41) is 19.5. The largest absolute Gasteiger partial charge is 0.478 e. The number of nitro benzene ring substituents is 1. The van der Waals surface area contributed by atoms with E-state index in [0.717, 1.165) is 6.07 Å². The predicted molar refractivity (Wildman–Crippen MR) is 64.7 cm³/mol. The Morgan fingerprint density at radius 1 is 1.61 bits per heavy atom. The third kappa shape index (κ3) is 3.67. The second-order valence-corrected chi connectivity index (χ2v) is 4.13. The number of nitrogens with zero attached hydrogens (tertiary/aromatic N) is 1. The third-order valence-electron chi connectivity index (χ3n) is 1.99. The fourth-order valence-electron chi connectivity index (χ4n) is 1.16. The van der Waals surface area contributed by atoms with E-state index >= 15 is 0 Å². The van der Waals surface area contributed by atoms with Crippen LogP contribution in [0.5, 0.6) is 5.75 Å². The molecule has 0 heterocycles. The first-order valence-corrected chi connectivity index (χ1v) is 5.57. The highest BCUT2D eigenvalue weighted by Crippen LogP contribution is 2.30. The van der Waals surface area contributed by atoms with Crippen LogP contribution in [0.2, 0.25) is 0 Å². The van der Waals surface area contributed by atoms with Crippen molar-refractivity contribution in [3.05, 3.63) is 32.8 Å². The van der Waals surface area contributed by atoms with Crippen LogP contribution in [-0.4, -0.2) is 35.8 Å². The number of halogens is 1. The van der Waals surface area contributed by atoms with Crippen LogP contribution in [0.3, 0.4) is 0 Å². The lowest BCUT2D eigenvalue weighted by Crippen LogP contribution is -2.31.